The highest BCUT2D eigenvalue weighted by atomic mass is 79.9. The molecule has 0 unspecified atom stereocenters. The molecule has 0 amide bonds. The van der Waals surface area contributed by atoms with Crippen molar-refractivity contribution in [2.75, 3.05) is 5.73 Å². The summed E-state index contributed by atoms with van der Waals surface area (Å²) in [7, 11) is 0. The van der Waals surface area contributed by atoms with Crippen molar-refractivity contribution < 1.29 is 4.74 Å². The summed E-state index contributed by atoms with van der Waals surface area (Å²) < 4.78 is 6.57. The summed E-state index contributed by atoms with van der Waals surface area (Å²) in [4.78, 5) is 4.25. The fourth-order valence-electron chi connectivity index (χ4n) is 1.78. The van der Waals surface area contributed by atoms with Crippen molar-refractivity contribution in [3.8, 4) is 17.6 Å². The standard InChI is InChI=1S/C14H12BrN3O/c1-8-3-14(13(7-16)9(2)18-8)19-12-5-10(15)4-11(17)6-12/h3-6H,17H2,1-2H3. The lowest BCUT2D eigenvalue weighted by molar-refractivity contribution is 0.479. The third-order valence-electron chi connectivity index (χ3n) is 2.53. The predicted octanol–water partition coefficient (Wildman–Crippen LogP) is 3.71. The number of pyridine rings is 1. The zero-order valence-electron chi connectivity index (χ0n) is 10.6. The Morgan fingerprint density at radius 1 is 1.26 bits per heavy atom. The summed E-state index contributed by atoms with van der Waals surface area (Å²) in [5, 5.41) is 9.17. The number of anilines is 1. The Balaban J connectivity index is 2.46. The number of nitrogen functional groups attached to an aromatic ring is 1. The molecule has 1 aromatic heterocycles. The second-order valence-electron chi connectivity index (χ2n) is 4.16. The molecule has 0 bridgehead atoms. The van der Waals surface area contributed by atoms with Crippen molar-refractivity contribution in [2.45, 2.75) is 13.8 Å². The first kappa shape index (κ1) is 13.4. The van der Waals surface area contributed by atoms with Crippen molar-refractivity contribution in [3.05, 3.63) is 45.7 Å². The van der Waals surface area contributed by atoms with Gasteiger partial charge in [0.1, 0.15) is 23.1 Å². The van der Waals surface area contributed by atoms with E-state index in [2.05, 4.69) is 27.0 Å². The SMILES string of the molecule is Cc1cc(Oc2cc(N)cc(Br)c2)c(C#N)c(C)n1. The Bertz CT molecular complexity index is 657. The second kappa shape index (κ2) is 5.29. The summed E-state index contributed by atoms with van der Waals surface area (Å²) in [5.41, 5.74) is 8.23. The molecule has 2 N–H and O–H groups in total. The number of halogens is 1. The van der Waals surface area contributed by atoms with E-state index in [9.17, 15) is 5.26 Å². The van der Waals surface area contributed by atoms with Crippen LogP contribution in [0, 0.1) is 25.2 Å². The maximum Gasteiger partial charge on any atom is 0.148 e. The van der Waals surface area contributed by atoms with Crippen molar-refractivity contribution in [2.24, 2.45) is 0 Å². The van der Waals surface area contributed by atoms with Gasteiger partial charge >= 0.3 is 0 Å². The number of nitrogens with zero attached hydrogens (tertiary/aromatic N) is 2. The van der Waals surface area contributed by atoms with Gasteiger partial charge in [-0.1, -0.05) is 15.9 Å². The lowest BCUT2D eigenvalue weighted by Crippen LogP contribution is -1.97. The Kier molecular flexibility index (Phi) is 3.72. The van der Waals surface area contributed by atoms with Crippen LogP contribution in [-0.4, -0.2) is 4.98 Å². The van der Waals surface area contributed by atoms with Gasteiger partial charge in [-0.25, -0.2) is 0 Å². The van der Waals surface area contributed by atoms with E-state index in [0.29, 0.717) is 28.4 Å². The zero-order valence-corrected chi connectivity index (χ0v) is 12.2. The number of aromatic nitrogens is 1. The molecule has 0 aliphatic heterocycles. The minimum atomic E-state index is 0.434. The first-order chi connectivity index (χ1) is 8.99. The molecule has 0 aliphatic rings. The third-order valence-corrected chi connectivity index (χ3v) is 2.98. The van der Waals surface area contributed by atoms with Crippen LogP contribution in [0.3, 0.4) is 0 Å². The summed E-state index contributed by atoms with van der Waals surface area (Å²) in [6.45, 7) is 3.64. The monoisotopic (exact) mass is 317 g/mol. The number of nitriles is 1. The van der Waals surface area contributed by atoms with Crippen molar-refractivity contribution in [1.29, 1.82) is 5.26 Å². The largest absolute Gasteiger partial charge is 0.456 e. The van der Waals surface area contributed by atoms with Crippen LogP contribution < -0.4 is 10.5 Å². The highest BCUT2D eigenvalue weighted by Gasteiger charge is 2.10. The van der Waals surface area contributed by atoms with Crippen LogP contribution in [0.1, 0.15) is 17.0 Å². The molecule has 0 fully saturated rings. The molecule has 4 nitrogen and oxygen atoms in total. The van der Waals surface area contributed by atoms with Crippen LogP contribution >= 0.6 is 15.9 Å². The van der Waals surface area contributed by atoms with Crippen LogP contribution in [0.4, 0.5) is 5.69 Å². The van der Waals surface area contributed by atoms with Crippen LogP contribution in [0.2, 0.25) is 0 Å². The van der Waals surface area contributed by atoms with Gasteiger partial charge in [-0.05, 0) is 26.0 Å². The Labute approximate surface area is 120 Å². The first-order valence-electron chi connectivity index (χ1n) is 5.62. The highest BCUT2D eigenvalue weighted by molar-refractivity contribution is 9.10. The summed E-state index contributed by atoms with van der Waals surface area (Å²) in [6, 6.07) is 9.13. The molecular weight excluding hydrogens is 306 g/mol. The molecule has 0 spiro atoms. The van der Waals surface area contributed by atoms with Crippen LogP contribution in [-0.2, 0) is 0 Å². The van der Waals surface area contributed by atoms with E-state index in [0.717, 1.165) is 10.2 Å². The topological polar surface area (TPSA) is 71.9 Å². The normalized spacial score (nSPS) is 10.0. The lowest BCUT2D eigenvalue weighted by Gasteiger charge is -2.10. The minimum absolute atomic E-state index is 0.434. The summed E-state index contributed by atoms with van der Waals surface area (Å²) in [5.74, 6) is 1.07. The van der Waals surface area contributed by atoms with E-state index >= 15 is 0 Å². The smallest absolute Gasteiger partial charge is 0.148 e. The molecule has 2 rings (SSSR count). The number of benzene rings is 1. The molecule has 2 aromatic rings. The molecule has 5 heteroatoms. The molecule has 1 heterocycles. The van der Waals surface area contributed by atoms with E-state index in [1.165, 1.54) is 0 Å². The lowest BCUT2D eigenvalue weighted by atomic mass is 10.2. The van der Waals surface area contributed by atoms with Gasteiger partial charge in [-0.3, -0.25) is 4.98 Å². The third kappa shape index (κ3) is 3.04. The number of ether oxygens (including phenoxy) is 1. The van der Waals surface area contributed by atoms with Crippen LogP contribution in [0.5, 0.6) is 11.5 Å². The zero-order chi connectivity index (χ0) is 14.0. The van der Waals surface area contributed by atoms with Gasteiger partial charge < -0.3 is 10.5 Å². The number of hydrogen-bond donors (Lipinski definition) is 1. The number of aryl methyl sites for hydroxylation is 2. The van der Waals surface area contributed by atoms with Gasteiger partial charge in [0.15, 0.2) is 0 Å². The predicted molar refractivity (Wildman–Crippen MR) is 77.1 cm³/mol. The molecular formula is C14H12BrN3O. The summed E-state index contributed by atoms with van der Waals surface area (Å²) in [6.07, 6.45) is 0. The van der Waals surface area contributed by atoms with Crippen LogP contribution in [0.25, 0.3) is 0 Å². The van der Waals surface area contributed by atoms with Gasteiger partial charge in [-0.15, -0.1) is 0 Å². The quantitative estimate of drug-likeness (QED) is 0.857. The first-order valence-corrected chi connectivity index (χ1v) is 6.41. The number of rotatable bonds is 2. The van der Waals surface area contributed by atoms with Gasteiger partial charge in [0, 0.05) is 28.0 Å². The molecule has 0 saturated carbocycles. The summed E-state index contributed by atoms with van der Waals surface area (Å²) >= 11 is 3.35. The maximum absolute atomic E-state index is 9.17. The average molecular weight is 318 g/mol. The number of nitrogens with two attached hydrogens (primary N) is 1. The Morgan fingerprint density at radius 2 is 2.00 bits per heavy atom. The Hall–Kier alpha value is -2.06. The molecule has 0 radical (unpaired) electrons. The second-order valence-corrected chi connectivity index (χ2v) is 5.07. The van der Waals surface area contributed by atoms with E-state index < -0.39 is 0 Å². The fourth-order valence-corrected chi connectivity index (χ4v) is 2.27. The average Bonchev–Trinajstić information content (AvgIpc) is 2.26. The highest BCUT2D eigenvalue weighted by Crippen LogP contribution is 2.30. The van der Waals surface area contributed by atoms with Gasteiger partial charge in [-0.2, -0.15) is 5.26 Å². The minimum Gasteiger partial charge on any atom is -0.456 e. The van der Waals surface area contributed by atoms with E-state index in [4.69, 9.17) is 10.5 Å². The fraction of sp³-hybridized carbons (Fsp3) is 0.143. The van der Waals surface area contributed by atoms with Gasteiger partial charge in [0.2, 0.25) is 0 Å². The van der Waals surface area contributed by atoms with Crippen molar-refractivity contribution in [1.82, 2.24) is 4.98 Å². The van der Waals surface area contributed by atoms with Crippen LogP contribution in [0.15, 0.2) is 28.7 Å². The van der Waals surface area contributed by atoms with E-state index in [1.54, 1.807) is 31.2 Å². The molecule has 96 valence electrons. The van der Waals surface area contributed by atoms with E-state index in [-0.39, 0.29) is 0 Å². The molecule has 19 heavy (non-hydrogen) atoms. The number of hydrogen-bond acceptors (Lipinski definition) is 4. The molecule has 0 saturated heterocycles. The van der Waals surface area contributed by atoms with E-state index in [1.807, 2.05) is 6.92 Å². The molecule has 1 aromatic carbocycles. The van der Waals surface area contributed by atoms with Gasteiger partial charge in [0.05, 0.1) is 5.69 Å². The molecule has 0 aliphatic carbocycles. The Morgan fingerprint density at radius 3 is 2.63 bits per heavy atom. The maximum atomic E-state index is 9.17. The molecule has 0 atom stereocenters. The van der Waals surface area contributed by atoms with Crippen molar-refractivity contribution in [3.63, 3.8) is 0 Å². The van der Waals surface area contributed by atoms with Gasteiger partial charge in [0.25, 0.3) is 0 Å². The van der Waals surface area contributed by atoms with Crippen molar-refractivity contribution >= 4 is 21.6 Å².